The van der Waals surface area contributed by atoms with Gasteiger partial charge in [0, 0.05) is 23.9 Å². The van der Waals surface area contributed by atoms with Crippen molar-refractivity contribution in [2.45, 2.75) is 31.9 Å². The summed E-state index contributed by atoms with van der Waals surface area (Å²) in [6, 6.07) is 17.0. The largest absolute Gasteiger partial charge is 0.489 e. The first kappa shape index (κ1) is 17.3. The van der Waals surface area contributed by atoms with Gasteiger partial charge in [-0.2, -0.15) is 0 Å². The molecule has 5 heteroatoms. The molecule has 5 nitrogen and oxygen atoms in total. The monoisotopic (exact) mass is 340 g/mol. The lowest BCUT2D eigenvalue weighted by molar-refractivity contribution is 0.234. The highest BCUT2D eigenvalue weighted by Gasteiger charge is 2.31. The predicted octanol–water partition coefficient (Wildman–Crippen LogP) is 3.55. The molecule has 0 spiro atoms. The Bertz CT molecular complexity index is 686. The topological polar surface area (TPSA) is 70.6 Å². The number of rotatable bonds is 8. The Kier molecular flexibility index (Phi) is 5.90. The van der Waals surface area contributed by atoms with Crippen molar-refractivity contribution in [3.8, 4) is 5.75 Å². The van der Waals surface area contributed by atoms with Gasteiger partial charge in [-0.3, -0.25) is 0 Å². The number of benzene rings is 2. The fourth-order valence-electron chi connectivity index (χ4n) is 2.84. The van der Waals surface area contributed by atoms with E-state index in [9.17, 15) is 4.79 Å². The van der Waals surface area contributed by atoms with Gasteiger partial charge in [-0.05, 0) is 43.4 Å². The molecule has 0 aliphatic heterocycles. The molecule has 132 valence electrons. The van der Waals surface area contributed by atoms with Gasteiger partial charge in [-0.1, -0.05) is 36.4 Å². The standard InChI is InChI=1S/C20H24N2O3/c23-13-12-19(15-10-11-15)22-20(24)21-18-9-5-4-6-16(18)14-25-17-7-2-1-3-8-17/h1-9,15,19,23H,10-14H2,(H2,21,22,24)/t19-/m0/s1. The normalized spacial score (nSPS) is 14.6. The van der Waals surface area contributed by atoms with Gasteiger partial charge in [0.25, 0.3) is 0 Å². The van der Waals surface area contributed by atoms with Crippen molar-refractivity contribution >= 4 is 11.7 Å². The average molecular weight is 340 g/mol. The average Bonchev–Trinajstić information content (AvgIpc) is 3.47. The lowest BCUT2D eigenvalue weighted by atomic mass is 10.1. The summed E-state index contributed by atoms with van der Waals surface area (Å²) in [6.07, 6.45) is 2.83. The molecule has 0 aromatic heterocycles. The van der Waals surface area contributed by atoms with Crippen LogP contribution in [0.25, 0.3) is 0 Å². The Hall–Kier alpha value is -2.53. The maximum atomic E-state index is 12.3. The van der Waals surface area contributed by atoms with Crippen molar-refractivity contribution in [1.82, 2.24) is 5.32 Å². The van der Waals surface area contributed by atoms with Crippen LogP contribution in [0.3, 0.4) is 0 Å². The summed E-state index contributed by atoms with van der Waals surface area (Å²) in [7, 11) is 0. The molecule has 0 bridgehead atoms. The minimum atomic E-state index is -0.238. The highest BCUT2D eigenvalue weighted by atomic mass is 16.5. The molecular weight excluding hydrogens is 316 g/mol. The molecule has 1 aliphatic carbocycles. The van der Waals surface area contributed by atoms with Crippen LogP contribution in [0.15, 0.2) is 54.6 Å². The van der Waals surface area contributed by atoms with Crippen LogP contribution in [0.2, 0.25) is 0 Å². The number of amides is 2. The molecule has 25 heavy (non-hydrogen) atoms. The first-order valence-electron chi connectivity index (χ1n) is 8.70. The van der Waals surface area contributed by atoms with Crippen LogP contribution in [-0.4, -0.2) is 23.8 Å². The maximum Gasteiger partial charge on any atom is 0.319 e. The third-order valence-electron chi connectivity index (χ3n) is 4.35. The van der Waals surface area contributed by atoms with E-state index >= 15 is 0 Å². The van der Waals surface area contributed by atoms with Gasteiger partial charge < -0.3 is 20.5 Å². The third-order valence-corrected chi connectivity index (χ3v) is 4.35. The van der Waals surface area contributed by atoms with Gasteiger partial charge in [0.05, 0.1) is 0 Å². The molecule has 0 unspecified atom stereocenters. The highest BCUT2D eigenvalue weighted by molar-refractivity contribution is 5.90. The summed E-state index contributed by atoms with van der Waals surface area (Å²) in [6.45, 7) is 0.464. The van der Waals surface area contributed by atoms with E-state index in [1.54, 1.807) is 0 Å². The van der Waals surface area contributed by atoms with E-state index in [-0.39, 0.29) is 18.7 Å². The minimum Gasteiger partial charge on any atom is -0.489 e. The molecule has 1 fully saturated rings. The summed E-state index contributed by atoms with van der Waals surface area (Å²) >= 11 is 0. The fraction of sp³-hybridized carbons (Fsp3) is 0.350. The van der Waals surface area contributed by atoms with Crippen molar-refractivity contribution in [3.05, 3.63) is 60.2 Å². The van der Waals surface area contributed by atoms with Crippen molar-refractivity contribution in [2.24, 2.45) is 5.92 Å². The van der Waals surface area contributed by atoms with E-state index in [4.69, 9.17) is 9.84 Å². The fourth-order valence-corrected chi connectivity index (χ4v) is 2.84. The molecule has 0 saturated heterocycles. The van der Waals surface area contributed by atoms with E-state index in [0.717, 1.165) is 29.8 Å². The van der Waals surface area contributed by atoms with Crippen LogP contribution in [0.1, 0.15) is 24.8 Å². The zero-order chi connectivity index (χ0) is 17.5. The van der Waals surface area contributed by atoms with E-state index in [2.05, 4.69) is 10.6 Å². The number of carbonyl (C=O) groups excluding carboxylic acids is 1. The Morgan fingerprint density at radius 1 is 1.12 bits per heavy atom. The SMILES string of the molecule is O=C(Nc1ccccc1COc1ccccc1)N[C@@H](CCO)C1CC1. The molecule has 3 rings (SSSR count). The van der Waals surface area contributed by atoms with Crippen molar-refractivity contribution in [2.75, 3.05) is 11.9 Å². The third kappa shape index (κ3) is 5.22. The quantitative estimate of drug-likeness (QED) is 0.688. The van der Waals surface area contributed by atoms with Gasteiger partial charge in [-0.25, -0.2) is 4.79 Å². The second kappa shape index (κ2) is 8.53. The van der Waals surface area contributed by atoms with Gasteiger partial charge >= 0.3 is 6.03 Å². The molecule has 0 radical (unpaired) electrons. The molecule has 1 atom stereocenters. The zero-order valence-corrected chi connectivity index (χ0v) is 14.2. The van der Waals surface area contributed by atoms with Crippen LogP contribution in [0, 0.1) is 5.92 Å². The molecule has 1 saturated carbocycles. The number of aliphatic hydroxyl groups excluding tert-OH is 1. The van der Waals surface area contributed by atoms with E-state index in [1.165, 1.54) is 0 Å². The summed E-state index contributed by atoms with van der Waals surface area (Å²) in [4.78, 5) is 12.3. The number of anilines is 1. The molecule has 1 aliphatic rings. The van der Waals surface area contributed by atoms with E-state index in [1.807, 2.05) is 54.6 Å². The molecule has 3 N–H and O–H groups in total. The lowest BCUT2D eigenvalue weighted by Crippen LogP contribution is -2.40. The van der Waals surface area contributed by atoms with E-state index in [0.29, 0.717) is 18.9 Å². The van der Waals surface area contributed by atoms with Gasteiger partial charge in [0.1, 0.15) is 12.4 Å². The minimum absolute atomic E-state index is 0.0396. The van der Waals surface area contributed by atoms with Gasteiger partial charge in [0.15, 0.2) is 0 Å². The number of hydrogen-bond donors (Lipinski definition) is 3. The summed E-state index contributed by atoms with van der Waals surface area (Å²) in [5, 5.41) is 15.0. The Morgan fingerprint density at radius 3 is 2.56 bits per heavy atom. The van der Waals surface area contributed by atoms with Gasteiger partial charge in [-0.15, -0.1) is 0 Å². The second-order valence-electron chi connectivity index (χ2n) is 6.31. The number of aliphatic hydroxyl groups is 1. The Morgan fingerprint density at radius 2 is 1.84 bits per heavy atom. The predicted molar refractivity (Wildman–Crippen MR) is 97.6 cm³/mol. The molecule has 2 aromatic carbocycles. The van der Waals surface area contributed by atoms with Crippen LogP contribution in [0.4, 0.5) is 10.5 Å². The highest BCUT2D eigenvalue weighted by Crippen LogP contribution is 2.34. The first-order valence-corrected chi connectivity index (χ1v) is 8.70. The number of carbonyl (C=O) groups is 1. The number of urea groups is 1. The van der Waals surface area contributed by atoms with Crippen molar-refractivity contribution in [3.63, 3.8) is 0 Å². The summed E-state index contributed by atoms with van der Waals surface area (Å²) in [5.74, 6) is 1.29. The zero-order valence-electron chi connectivity index (χ0n) is 14.2. The molecule has 2 amide bonds. The second-order valence-corrected chi connectivity index (χ2v) is 6.31. The van der Waals surface area contributed by atoms with Crippen LogP contribution < -0.4 is 15.4 Å². The van der Waals surface area contributed by atoms with E-state index < -0.39 is 0 Å². The van der Waals surface area contributed by atoms with Crippen LogP contribution in [-0.2, 0) is 6.61 Å². The van der Waals surface area contributed by atoms with Crippen molar-refractivity contribution < 1.29 is 14.6 Å². The summed E-state index contributed by atoms with van der Waals surface area (Å²) in [5.41, 5.74) is 1.64. The Labute approximate surface area is 148 Å². The number of nitrogens with one attached hydrogen (secondary N) is 2. The smallest absolute Gasteiger partial charge is 0.319 e. The molecule has 2 aromatic rings. The first-order chi connectivity index (χ1) is 12.3. The number of ether oxygens (including phenoxy) is 1. The lowest BCUT2D eigenvalue weighted by Gasteiger charge is -2.18. The van der Waals surface area contributed by atoms with Crippen molar-refractivity contribution in [1.29, 1.82) is 0 Å². The summed E-state index contributed by atoms with van der Waals surface area (Å²) < 4.78 is 5.78. The van der Waals surface area contributed by atoms with Gasteiger partial charge in [0.2, 0.25) is 0 Å². The Balaban J connectivity index is 1.59. The maximum absolute atomic E-state index is 12.3. The van der Waals surface area contributed by atoms with Crippen LogP contribution in [0.5, 0.6) is 5.75 Å². The molecule has 0 heterocycles. The number of hydrogen-bond acceptors (Lipinski definition) is 3. The molecular formula is C20H24N2O3. The number of para-hydroxylation sites is 2. The van der Waals surface area contributed by atoms with Crippen LogP contribution >= 0.6 is 0 Å².